The molecule has 29 heavy (non-hydrogen) atoms. The monoisotopic (exact) mass is 400 g/mol. The number of rotatable bonds is 4. The maximum Gasteiger partial charge on any atom is 0.417 e. The van der Waals surface area contributed by atoms with Crippen molar-refractivity contribution in [1.82, 2.24) is 19.7 Å². The van der Waals surface area contributed by atoms with Gasteiger partial charge in [-0.3, -0.25) is 9.36 Å². The molecule has 148 valence electrons. The lowest BCUT2D eigenvalue weighted by molar-refractivity contribution is -0.137. The van der Waals surface area contributed by atoms with Gasteiger partial charge >= 0.3 is 6.18 Å². The summed E-state index contributed by atoms with van der Waals surface area (Å²) in [7, 11) is 0. The summed E-state index contributed by atoms with van der Waals surface area (Å²) in [5.41, 5.74) is 0.336. The fraction of sp³-hybridized carbons (Fsp3) is 0.200. The van der Waals surface area contributed by atoms with E-state index in [4.69, 9.17) is 4.52 Å². The second kappa shape index (κ2) is 7.16. The van der Waals surface area contributed by atoms with Crippen LogP contribution in [-0.2, 0) is 19.1 Å². The Balaban J connectivity index is 1.58. The number of aryl methyl sites for hydroxylation is 3. The Kier molecular flexibility index (Phi) is 4.65. The van der Waals surface area contributed by atoms with Gasteiger partial charge in [0.25, 0.3) is 5.56 Å². The Morgan fingerprint density at radius 1 is 1.10 bits per heavy atom. The van der Waals surface area contributed by atoms with Gasteiger partial charge in [-0.05, 0) is 24.6 Å². The molecule has 2 heterocycles. The summed E-state index contributed by atoms with van der Waals surface area (Å²) in [5.74, 6) is -0.0132. The van der Waals surface area contributed by atoms with E-state index in [1.165, 1.54) is 29.1 Å². The van der Waals surface area contributed by atoms with Gasteiger partial charge < -0.3 is 4.52 Å². The fourth-order valence-corrected chi connectivity index (χ4v) is 3.10. The number of hydrogen-bond acceptors (Lipinski definition) is 5. The van der Waals surface area contributed by atoms with Crippen molar-refractivity contribution < 1.29 is 17.7 Å². The van der Waals surface area contributed by atoms with Gasteiger partial charge in [-0.1, -0.05) is 35.5 Å². The average Bonchev–Trinajstić information content (AvgIpc) is 3.16. The molecule has 0 radical (unpaired) electrons. The van der Waals surface area contributed by atoms with Crippen LogP contribution in [-0.4, -0.2) is 19.7 Å². The van der Waals surface area contributed by atoms with E-state index in [-0.39, 0.29) is 35.8 Å². The Hall–Kier alpha value is -3.49. The molecule has 0 saturated heterocycles. The summed E-state index contributed by atoms with van der Waals surface area (Å²) < 4.78 is 46.0. The number of nitrogens with zero attached hydrogens (tertiary/aromatic N) is 4. The number of hydrogen-bond donors (Lipinski definition) is 0. The zero-order chi connectivity index (χ0) is 20.6. The van der Waals surface area contributed by atoms with Crippen LogP contribution in [0, 0.1) is 6.92 Å². The second-order valence-corrected chi connectivity index (χ2v) is 6.52. The van der Waals surface area contributed by atoms with Gasteiger partial charge in [0.05, 0.1) is 22.8 Å². The summed E-state index contributed by atoms with van der Waals surface area (Å²) in [6, 6.07) is 10.4. The van der Waals surface area contributed by atoms with Gasteiger partial charge in [-0.25, -0.2) is 4.98 Å². The third-order valence-corrected chi connectivity index (χ3v) is 4.56. The van der Waals surface area contributed by atoms with Crippen LogP contribution in [0.15, 0.2) is 58.1 Å². The van der Waals surface area contributed by atoms with E-state index in [1.807, 2.05) is 13.0 Å². The third kappa shape index (κ3) is 3.63. The minimum absolute atomic E-state index is 0.133. The van der Waals surface area contributed by atoms with Crippen LogP contribution in [0.2, 0.25) is 0 Å². The van der Waals surface area contributed by atoms with Crippen LogP contribution >= 0.6 is 0 Å². The lowest BCUT2D eigenvalue weighted by Crippen LogP contribution is -2.21. The molecule has 0 saturated carbocycles. The number of alkyl halides is 3. The maximum atomic E-state index is 13.2. The molecule has 9 heteroatoms. The fourth-order valence-electron chi connectivity index (χ4n) is 3.10. The van der Waals surface area contributed by atoms with E-state index in [2.05, 4.69) is 15.1 Å². The Morgan fingerprint density at radius 2 is 1.90 bits per heavy atom. The highest BCUT2D eigenvalue weighted by atomic mass is 19.4. The van der Waals surface area contributed by atoms with Crippen LogP contribution in [0.5, 0.6) is 0 Å². The Bertz CT molecular complexity index is 1240. The van der Waals surface area contributed by atoms with E-state index in [0.29, 0.717) is 10.9 Å². The molecule has 2 aromatic carbocycles. The predicted molar refractivity (Wildman–Crippen MR) is 99.2 cm³/mol. The zero-order valence-corrected chi connectivity index (χ0v) is 15.3. The van der Waals surface area contributed by atoms with Crippen molar-refractivity contribution in [1.29, 1.82) is 0 Å². The molecule has 0 atom stereocenters. The van der Waals surface area contributed by atoms with E-state index in [1.54, 1.807) is 12.1 Å². The van der Waals surface area contributed by atoms with Crippen LogP contribution in [0.25, 0.3) is 22.3 Å². The van der Waals surface area contributed by atoms with E-state index < -0.39 is 11.7 Å². The lowest BCUT2D eigenvalue weighted by atomic mass is 10.1. The predicted octanol–water partition coefficient (Wildman–Crippen LogP) is 4.02. The van der Waals surface area contributed by atoms with Crippen LogP contribution in [0.4, 0.5) is 13.2 Å². The van der Waals surface area contributed by atoms with Crippen molar-refractivity contribution in [2.24, 2.45) is 0 Å². The average molecular weight is 400 g/mol. The molecule has 0 N–H and O–H groups in total. The molecular weight excluding hydrogens is 385 g/mol. The van der Waals surface area contributed by atoms with Gasteiger partial charge in [0.1, 0.15) is 0 Å². The number of aromatic nitrogens is 4. The largest absolute Gasteiger partial charge is 0.417 e. The molecule has 0 aliphatic rings. The van der Waals surface area contributed by atoms with Crippen LogP contribution in [0.1, 0.15) is 17.0 Å². The maximum absolute atomic E-state index is 13.2. The summed E-state index contributed by atoms with van der Waals surface area (Å²) in [6.07, 6.45) is -2.91. The molecule has 0 unspecified atom stereocenters. The molecule has 0 amide bonds. The quantitative estimate of drug-likeness (QED) is 0.517. The molecule has 0 aliphatic carbocycles. The van der Waals surface area contributed by atoms with E-state index >= 15 is 0 Å². The van der Waals surface area contributed by atoms with E-state index in [9.17, 15) is 18.0 Å². The number of para-hydroxylation sites is 1. The first-order valence-electron chi connectivity index (χ1n) is 8.78. The lowest BCUT2D eigenvalue weighted by Gasteiger charge is -2.09. The van der Waals surface area contributed by atoms with Crippen molar-refractivity contribution in [2.45, 2.75) is 26.1 Å². The molecule has 4 aromatic rings. The summed E-state index contributed by atoms with van der Waals surface area (Å²) in [6.45, 7) is 2.08. The van der Waals surface area contributed by atoms with Gasteiger partial charge in [0.15, 0.2) is 0 Å². The van der Waals surface area contributed by atoms with E-state index in [0.717, 1.165) is 11.6 Å². The minimum atomic E-state index is -4.53. The number of halogens is 3. The van der Waals surface area contributed by atoms with Crippen LogP contribution in [0.3, 0.4) is 0 Å². The minimum Gasteiger partial charge on any atom is -0.339 e. The normalized spacial score (nSPS) is 11.9. The van der Waals surface area contributed by atoms with Gasteiger partial charge in [-0.15, -0.1) is 0 Å². The highest BCUT2D eigenvalue weighted by Crippen LogP contribution is 2.35. The standard InChI is InChI=1S/C20H15F3N4O2/c1-12-5-4-7-14-17(12)24-11-27(19(14)28)10-9-16-25-18(26-29-16)13-6-2-3-8-15(13)20(21,22)23/h2-8,11H,9-10H2,1H3. The van der Waals surface area contributed by atoms with Crippen molar-refractivity contribution in [3.8, 4) is 11.4 Å². The second-order valence-electron chi connectivity index (χ2n) is 6.52. The molecule has 0 fully saturated rings. The molecule has 0 bridgehead atoms. The third-order valence-electron chi connectivity index (χ3n) is 4.56. The van der Waals surface area contributed by atoms with Gasteiger partial charge in [-0.2, -0.15) is 18.2 Å². The summed E-state index contributed by atoms with van der Waals surface area (Å²) in [4.78, 5) is 21.0. The first-order valence-corrected chi connectivity index (χ1v) is 8.78. The number of benzene rings is 2. The molecule has 4 rings (SSSR count). The molecule has 2 aromatic heterocycles. The van der Waals surface area contributed by atoms with Crippen molar-refractivity contribution >= 4 is 10.9 Å². The molecule has 6 nitrogen and oxygen atoms in total. The van der Waals surface area contributed by atoms with Crippen molar-refractivity contribution in [3.63, 3.8) is 0 Å². The van der Waals surface area contributed by atoms with Crippen molar-refractivity contribution in [3.05, 3.63) is 76.2 Å². The molecule has 0 spiro atoms. The highest BCUT2D eigenvalue weighted by Gasteiger charge is 2.34. The smallest absolute Gasteiger partial charge is 0.339 e. The van der Waals surface area contributed by atoms with Gasteiger partial charge in [0.2, 0.25) is 11.7 Å². The highest BCUT2D eigenvalue weighted by molar-refractivity contribution is 5.80. The first-order chi connectivity index (χ1) is 13.8. The zero-order valence-electron chi connectivity index (χ0n) is 15.3. The van der Waals surface area contributed by atoms with Crippen LogP contribution < -0.4 is 5.56 Å². The SMILES string of the molecule is Cc1cccc2c(=O)n(CCc3nc(-c4ccccc4C(F)(F)F)no3)cnc12. The van der Waals surface area contributed by atoms with Gasteiger partial charge in [0, 0.05) is 18.5 Å². The molecular formula is C20H15F3N4O2. The number of fused-ring (bicyclic) bond motifs is 1. The summed E-state index contributed by atoms with van der Waals surface area (Å²) in [5, 5.41) is 4.17. The first kappa shape index (κ1) is 18.9. The summed E-state index contributed by atoms with van der Waals surface area (Å²) >= 11 is 0. The Labute approximate surface area is 162 Å². The Morgan fingerprint density at radius 3 is 2.69 bits per heavy atom. The van der Waals surface area contributed by atoms with Crippen molar-refractivity contribution in [2.75, 3.05) is 0 Å². The topological polar surface area (TPSA) is 73.8 Å². The molecule has 0 aliphatic heterocycles.